The highest BCUT2D eigenvalue weighted by atomic mass is 16.2. The molecule has 0 fully saturated rings. The van der Waals surface area contributed by atoms with Gasteiger partial charge in [-0.25, -0.2) is 9.97 Å². The van der Waals surface area contributed by atoms with Crippen LogP contribution in [0.4, 0.5) is 17.3 Å². The van der Waals surface area contributed by atoms with Crippen molar-refractivity contribution < 1.29 is 4.79 Å². The first-order chi connectivity index (χ1) is 13.3. The van der Waals surface area contributed by atoms with Gasteiger partial charge in [0, 0.05) is 24.1 Å². The molecule has 136 valence electrons. The molecule has 0 saturated heterocycles. The minimum atomic E-state index is -0.0867. The van der Waals surface area contributed by atoms with Crippen LogP contribution < -0.4 is 10.2 Å². The number of aromatic nitrogens is 2. The Morgan fingerprint density at radius 1 is 1.11 bits per heavy atom. The molecule has 1 aliphatic heterocycles. The molecule has 5 heteroatoms. The van der Waals surface area contributed by atoms with Crippen LogP contribution in [0.25, 0.3) is 0 Å². The van der Waals surface area contributed by atoms with E-state index in [1.165, 1.54) is 11.1 Å². The normalized spacial score (nSPS) is 13.1. The van der Waals surface area contributed by atoms with Gasteiger partial charge in [0.25, 0.3) is 5.91 Å². The number of nitrogens with one attached hydrogen (secondary N) is 1. The highest BCUT2D eigenvalue weighted by Gasteiger charge is 2.24. The van der Waals surface area contributed by atoms with E-state index in [1.54, 1.807) is 12.3 Å². The van der Waals surface area contributed by atoms with Crippen LogP contribution in [-0.2, 0) is 12.8 Å². The number of amides is 1. The fourth-order valence-electron chi connectivity index (χ4n) is 3.49. The Labute approximate surface area is 159 Å². The number of nitrogens with zero attached hydrogens (tertiary/aromatic N) is 3. The van der Waals surface area contributed by atoms with E-state index in [-0.39, 0.29) is 5.91 Å². The van der Waals surface area contributed by atoms with E-state index in [2.05, 4.69) is 34.3 Å². The number of anilines is 3. The van der Waals surface area contributed by atoms with Crippen LogP contribution in [0.5, 0.6) is 0 Å². The summed E-state index contributed by atoms with van der Waals surface area (Å²) in [6, 6.07) is 17.8. The monoisotopic (exact) mass is 358 g/mol. The maximum absolute atomic E-state index is 13.1. The lowest BCUT2D eigenvalue weighted by Gasteiger charge is -2.29. The van der Waals surface area contributed by atoms with Crippen molar-refractivity contribution in [1.82, 2.24) is 9.97 Å². The summed E-state index contributed by atoms with van der Waals surface area (Å²) in [5, 5.41) is 3.25. The van der Waals surface area contributed by atoms with Gasteiger partial charge in [-0.2, -0.15) is 0 Å². The second-order valence-corrected chi connectivity index (χ2v) is 6.59. The van der Waals surface area contributed by atoms with Crippen molar-refractivity contribution >= 4 is 23.2 Å². The molecule has 3 aromatic rings. The summed E-state index contributed by atoms with van der Waals surface area (Å²) in [5.74, 6) is 0.350. The lowest BCUT2D eigenvalue weighted by molar-refractivity contribution is 0.0980. The lowest BCUT2D eigenvalue weighted by Crippen LogP contribution is -2.36. The maximum atomic E-state index is 13.1. The van der Waals surface area contributed by atoms with Crippen LogP contribution in [0.3, 0.4) is 0 Å². The van der Waals surface area contributed by atoms with Crippen LogP contribution >= 0.6 is 0 Å². The maximum Gasteiger partial charge on any atom is 0.277 e. The van der Waals surface area contributed by atoms with Crippen molar-refractivity contribution in [2.24, 2.45) is 0 Å². The van der Waals surface area contributed by atoms with E-state index >= 15 is 0 Å². The van der Waals surface area contributed by atoms with Crippen molar-refractivity contribution in [3.05, 3.63) is 77.6 Å². The molecule has 1 N–H and O–H groups in total. The fourth-order valence-corrected chi connectivity index (χ4v) is 3.49. The Morgan fingerprint density at radius 2 is 1.93 bits per heavy atom. The van der Waals surface area contributed by atoms with Crippen molar-refractivity contribution in [2.45, 2.75) is 26.2 Å². The summed E-state index contributed by atoms with van der Waals surface area (Å²) < 4.78 is 0. The minimum absolute atomic E-state index is 0.0867. The number of hydrogen-bond acceptors (Lipinski definition) is 4. The fraction of sp³-hybridized carbons (Fsp3) is 0.227. The van der Waals surface area contributed by atoms with E-state index in [0.717, 1.165) is 30.6 Å². The molecule has 0 spiro atoms. The highest BCUT2D eigenvalue weighted by Crippen LogP contribution is 2.28. The molecule has 1 aliphatic rings. The van der Waals surface area contributed by atoms with Crippen molar-refractivity contribution in [2.75, 3.05) is 16.8 Å². The van der Waals surface area contributed by atoms with E-state index in [9.17, 15) is 4.79 Å². The van der Waals surface area contributed by atoms with Crippen molar-refractivity contribution in [3.63, 3.8) is 0 Å². The summed E-state index contributed by atoms with van der Waals surface area (Å²) in [5.41, 5.74) is 4.74. The van der Waals surface area contributed by atoms with Gasteiger partial charge in [-0.3, -0.25) is 4.79 Å². The van der Waals surface area contributed by atoms with Gasteiger partial charge in [-0.05, 0) is 48.6 Å². The van der Waals surface area contributed by atoms with Gasteiger partial charge in [-0.15, -0.1) is 0 Å². The van der Waals surface area contributed by atoms with Crippen LogP contribution in [0.1, 0.15) is 35.0 Å². The standard InChI is InChI=1S/C22H22N4O/c1-2-16-8-3-5-11-18(16)24-22-23-14-13-19(25-22)21(27)26-15-7-10-17-9-4-6-12-20(17)26/h3-6,8-9,11-14H,2,7,10,15H2,1H3,(H,23,24,25). The van der Waals surface area contributed by atoms with Crippen LogP contribution in [0.15, 0.2) is 60.8 Å². The number of para-hydroxylation sites is 2. The topological polar surface area (TPSA) is 58.1 Å². The van der Waals surface area contributed by atoms with Gasteiger partial charge in [0.05, 0.1) is 0 Å². The molecule has 0 atom stereocenters. The number of rotatable bonds is 4. The molecule has 4 rings (SSSR count). The van der Waals surface area contributed by atoms with E-state index < -0.39 is 0 Å². The molecule has 0 unspecified atom stereocenters. The summed E-state index contributed by atoms with van der Waals surface area (Å²) in [6.45, 7) is 2.82. The largest absolute Gasteiger partial charge is 0.324 e. The summed E-state index contributed by atoms with van der Waals surface area (Å²) in [6.07, 6.45) is 4.51. The van der Waals surface area contributed by atoms with Crippen LogP contribution in [-0.4, -0.2) is 22.4 Å². The predicted octanol–water partition coefficient (Wildman–Crippen LogP) is 4.38. The molecule has 1 amide bonds. The molecule has 27 heavy (non-hydrogen) atoms. The number of hydrogen-bond donors (Lipinski definition) is 1. The third kappa shape index (κ3) is 3.53. The van der Waals surface area contributed by atoms with Crippen molar-refractivity contribution in [3.8, 4) is 0 Å². The molecule has 2 aromatic carbocycles. The van der Waals surface area contributed by atoms with Gasteiger partial charge in [0.15, 0.2) is 0 Å². The average molecular weight is 358 g/mol. The van der Waals surface area contributed by atoms with E-state index in [4.69, 9.17) is 0 Å². The minimum Gasteiger partial charge on any atom is -0.324 e. The van der Waals surface area contributed by atoms with Gasteiger partial charge in [0.1, 0.15) is 5.69 Å². The first-order valence-corrected chi connectivity index (χ1v) is 9.34. The zero-order valence-corrected chi connectivity index (χ0v) is 15.4. The molecule has 0 radical (unpaired) electrons. The lowest BCUT2D eigenvalue weighted by atomic mass is 10.0. The third-order valence-corrected chi connectivity index (χ3v) is 4.87. The predicted molar refractivity (Wildman–Crippen MR) is 108 cm³/mol. The summed E-state index contributed by atoms with van der Waals surface area (Å²) >= 11 is 0. The second kappa shape index (κ2) is 7.58. The Kier molecular flexibility index (Phi) is 4.83. The summed E-state index contributed by atoms with van der Waals surface area (Å²) in [7, 11) is 0. The number of aryl methyl sites for hydroxylation is 2. The number of fused-ring (bicyclic) bond motifs is 1. The van der Waals surface area contributed by atoms with E-state index in [0.29, 0.717) is 18.2 Å². The molecule has 5 nitrogen and oxygen atoms in total. The highest BCUT2D eigenvalue weighted by molar-refractivity contribution is 6.05. The number of carbonyl (C=O) groups excluding carboxylic acids is 1. The first-order valence-electron chi connectivity index (χ1n) is 9.34. The van der Waals surface area contributed by atoms with Gasteiger partial charge < -0.3 is 10.2 Å². The molecular formula is C22H22N4O. The van der Waals surface area contributed by atoms with Gasteiger partial charge in [-0.1, -0.05) is 43.3 Å². The second-order valence-electron chi connectivity index (χ2n) is 6.59. The summed E-state index contributed by atoms with van der Waals surface area (Å²) in [4.78, 5) is 23.7. The molecule has 2 heterocycles. The molecule has 0 aliphatic carbocycles. The zero-order chi connectivity index (χ0) is 18.6. The SMILES string of the molecule is CCc1ccccc1Nc1nccc(C(=O)N2CCCc3ccccc32)n1. The van der Waals surface area contributed by atoms with Crippen LogP contribution in [0.2, 0.25) is 0 Å². The quantitative estimate of drug-likeness (QED) is 0.752. The average Bonchev–Trinajstić information content (AvgIpc) is 2.73. The Hall–Kier alpha value is -3.21. The first kappa shape index (κ1) is 17.2. The third-order valence-electron chi connectivity index (χ3n) is 4.87. The smallest absolute Gasteiger partial charge is 0.277 e. The molecule has 1 aromatic heterocycles. The van der Waals surface area contributed by atoms with E-state index in [1.807, 2.05) is 41.3 Å². The Balaban J connectivity index is 1.61. The van der Waals surface area contributed by atoms with Gasteiger partial charge >= 0.3 is 0 Å². The molecule has 0 saturated carbocycles. The number of benzene rings is 2. The number of carbonyl (C=O) groups is 1. The molecular weight excluding hydrogens is 336 g/mol. The Morgan fingerprint density at radius 3 is 2.81 bits per heavy atom. The van der Waals surface area contributed by atoms with Crippen molar-refractivity contribution in [1.29, 1.82) is 0 Å². The van der Waals surface area contributed by atoms with Gasteiger partial charge in [0.2, 0.25) is 5.95 Å². The van der Waals surface area contributed by atoms with Crippen LogP contribution in [0, 0.1) is 0 Å². The molecule has 0 bridgehead atoms. The zero-order valence-electron chi connectivity index (χ0n) is 15.4. The Bertz CT molecular complexity index is 970.